The van der Waals surface area contributed by atoms with Crippen LogP contribution in [0.4, 0.5) is 0 Å². The predicted octanol–water partition coefficient (Wildman–Crippen LogP) is 2.45. The smallest absolute Gasteiger partial charge is 0.237 e. The third-order valence-electron chi connectivity index (χ3n) is 4.44. The highest BCUT2D eigenvalue weighted by molar-refractivity contribution is 9.10. The number of hydrogen-bond acceptors (Lipinski definition) is 2. The topological polar surface area (TPSA) is 41.1 Å². The van der Waals surface area contributed by atoms with E-state index in [2.05, 4.69) is 26.6 Å². The lowest BCUT2D eigenvalue weighted by atomic mass is 9.93. The minimum absolute atomic E-state index is 0.0231. The molecule has 0 bridgehead atoms. The lowest BCUT2D eigenvalue weighted by molar-refractivity contribution is -0.123. The van der Waals surface area contributed by atoms with Gasteiger partial charge in [-0.25, -0.2) is 0 Å². The lowest BCUT2D eigenvalue weighted by Gasteiger charge is -2.18. The van der Waals surface area contributed by atoms with Gasteiger partial charge in [-0.1, -0.05) is 40.5 Å². The van der Waals surface area contributed by atoms with Gasteiger partial charge in [0.05, 0.1) is 6.04 Å². The van der Waals surface area contributed by atoms with Crippen molar-refractivity contribution >= 4 is 21.8 Å². The molecule has 0 spiro atoms. The number of nitrogens with one attached hydrogen (secondary N) is 2. The fraction of sp³-hybridized carbons (Fsp3) is 0.533. The normalized spacial score (nSPS) is 29.2. The van der Waals surface area contributed by atoms with Gasteiger partial charge in [-0.2, -0.15) is 0 Å². The van der Waals surface area contributed by atoms with E-state index in [1.54, 1.807) is 0 Å². The monoisotopic (exact) mass is 322 g/mol. The van der Waals surface area contributed by atoms with Gasteiger partial charge in [0, 0.05) is 11.0 Å². The summed E-state index contributed by atoms with van der Waals surface area (Å²) in [5.74, 6) is 1.43. The molecule has 3 nitrogen and oxygen atoms in total. The van der Waals surface area contributed by atoms with Crippen LogP contribution >= 0.6 is 15.9 Å². The Morgan fingerprint density at radius 2 is 2.21 bits per heavy atom. The SMILES string of the molecule is O=C(NCc1ccccc1Br)C1NCC2CCCC21. The summed E-state index contributed by atoms with van der Waals surface area (Å²) >= 11 is 3.51. The number of carbonyl (C=O) groups excluding carboxylic acids is 1. The van der Waals surface area contributed by atoms with Crippen molar-refractivity contribution in [3.05, 3.63) is 34.3 Å². The predicted molar refractivity (Wildman–Crippen MR) is 78.6 cm³/mol. The van der Waals surface area contributed by atoms with E-state index in [4.69, 9.17) is 0 Å². The molecule has 0 radical (unpaired) electrons. The van der Waals surface area contributed by atoms with Gasteiger partial charge in [-0.05, 0) is 42.9 Å². The van der Waals surface area contributed by atoms with Crippen molar-refractivity contribution in [2.45, 2.75) is 31.8 Å². The molecule has 1 amide bonds. The van der Waals surface area contributed by atoms with Gasteiger partial charge in [0.15, 0.2) is 0 Å². The van der Waals surface area contributed by atoms with E-state index in [-0.39, 0.29) is 11.9 Å². The third kappa shape index (κ3) is 2.70. The number of benzene rings is 1. The van der Waals surface area contributed by atoms with E-state index in [9.17, 15) is 4.79 Å². The molecule has 2 N–H and O–H groups in total. The molecule has 1 aromatic carbocycles. The first-order valence-electron chi connectivity index (χ1n) is 7.00. The Hall–Kier alpha value is -0.870. The summed E-state index contributed by atoms with van der Waals surface area (Å²) in [6, 6.07) is 8.03. The molecule has 1 saturated heterocycles. The highest BCUT2D eigenvalue weighted by Gasteiger charge is 2.42. The number of carbonyl (C=O) groups is 1. The van der Waals surface area contributed by atoms with Crippen LogP contribution in [0.5, 0.6) is 0 Å². The van der Waals surface area contributed by atoms with Crippen LogP contribution in [-0.2, 0) is 11.3 Å². The van der Waals surface area contributed by atoms with Crippen molar-refractivity contribution in [2.75, 3.05) is 6.54 Å². The molecular weight excluding hydrogens is 304 g/mol. The second-order valence-corrected chi connectivity index (χ2v) is 6.40. The molecule has 1 aliphatic carbocycles. The lowest BCUT2D eigenvalue weighted by Crippen LogP contribution is -2.43. The largest absolute Gasteiger partial charge is 0.351 e. The highest BCUT2D eigenvalue weighted by Crippen LogP contribution is 2.37. The quantitative estimate of drug-likeness (QED) is 0.897. The standard InChI is InChI=1S/C15H19BrN2O/c16-13-7-2-1-4-11(13)9-18-15(19)14-12-6-3-5-10(12)8-17-14/h1-2,4,7,10,12,14,17H,3,5-6,8-9H2,(H,18,19). The van der Waals surface area contributed by atoms with Gasteiger partial charge in [-0.3, -0.25) is 4.79 Å². The van der Waals surface area contributed by atoms with E-state index in [0.29, 0.717) is 12.5 Å². The molecule has 4 heteroatoms. The Morgan fingerprint density at radius 3 is 3.05 bits per heavy atom. The Kier molecular flexibility index (Phi) is 3.89. The van der Waals surface area contributed by atoms with E-state index in [0.717, 1.165) is 22.5 Å². The zero-order valence-electron chi connectivity index (χ0n) is 10.9. The van der Waals surface area contributed by atoms with Crippen LogP contribution < -0.4 is 10.6 Å². The molecule has 1 saturated carbocycles. The molecule has 3 rings (SSSR count). The third-order valence-corrected chi connectivity index (χ3v) is 5.21. The van der Waals surface area contributed by atoms with Gasteiger partial charge in [-0.15, -0.1) is 0 Å². The van der Waals surface area contributed by atoms with E-state index in [1.807, 2.05) is 24.3 Å². The summed E-state index contributed by atoms with van der Waals surface area (Å²) < 4.78 is 1.05. The first-order valence-corrected chi connectivity index (χ1v) is 7.79. The molecule has 2 aliphatic rings. The first-order chi connectivity index (χ1) is 9.25. The van der Waals surface area contributed by atoms with E-state index >= 15 is 0 Å². The van der Waals surface area contributed by atoms with Crippen molar-refractivity contribution in [3.8, 4) is 0 Å². The molecule has 3 unspecified atom stereocenters. The van der Waals surface area contributed by atoms with Gasteiger partial charge < -0.3 is 10.6 Å². The zero-order chi connectivity index (χ0) is 13.2. The van der Waals surface area contributed by atoms with Crippen LogP contribution in [0.15, 0.2) is 28.7 Å². The molecule has 102 valence electrons. The van der Waals surface area contributed by atoms with Gasteiger partial charge in [0.2, 0.25) is 5.91 Å². The van der Waals surface area contributed by atoms with Crippen molar-refractivity contribution < 1.29 is 4.79 Å². The Balaban J connectivity index is 1.58. The zero-order valence-corrected chi connectivity index (χ0v) is 12.4. The highest BCUT2D eigenvalue weighted by atomic mass is 79.9. The minimum Gasteiger partial charge on any atom is -0.351 e. The maximum absolute atomic E-state index is 12.3. The minimum atomic E-state index is 0.0231. The van der Waals surface area contributed by atoms with Crippen LogP contribution in [0.25, 0.3) is 0 Å². The Bertz CT molecular complexity index is 477. The summed E-state index contributed by atoms with van der Waals surface area (Å²) in [5.41, 5.74) is 1.12. The number of rotatable bonds is 3. The average Bonchev–Trinajstić information content (AvgIpc) is 2.99. The second kappa shape index (κ2) is 5.63. The number of fused-ring (bicyclic) bond motifs is 1. The van der Waals surface area contributed by atoms with Crippen LogP contribution in [0.3, 0.4) is 0 Å². The maximum atomic E-state index is 12.3. The van der Waals surface area contributed by atoms with E-state index in [1.165, 1.54) is 19.3 Å². The van der Waals surface area contributed by atoms with Crippen molar-refractivity contribution in [1.29, 1.82) is 0 Å². The second-order valence-electron chi connectivity index (χ2n) is 5.55. The van der Waals surface area contributed by atoms with E-state index < -0.39 is 0 Å². The Morgan fingerprint density at radius 1 is 1.37 bits per heavy atom. The molecule has 2 fully saturated rings. The average molecular weight is 323 g/mol. The first kappa shape index (κ1) is 13.1. The van der Waals surface area contributed by atoms with Gasteiger partial charge in [0.25, 0.3) is 0 Å². The molecule has 0 aromatic heterocycles. The summed E-state index contributed by atoms with van der Waals surface area (Å²) in [7, 11) is 0. The van der Waals surface area contributed by atoms with Crippen molar-refractivity contribution in [2.24, 2.45) is 11.8 Å². The summed E-state index contributed by atoms with van der Waals surface area (Å²) in [6.45, 7) is 1.60. The van der Waals surface area contributed by atoms with Gasteiger partial charge in [0.1, 0.15) is 0 Å². The molecule has 3 atom stereocenters. The summed E-state index contributed by atoms with van der Waals surface area (Å²) in [4.78, 5) is 12.3. The fourth-order valence-electron chi connectivity index (χ4n) is 3.41. The molecule has 19 heavy (non-hydrogen) atoms. The fourth-order valence-corrected chi connectivity index (χ4v) is 3.83. The van der Waals surface area contributed by atoms with Crippen LogP contribution in [0.1, 0.15) is 24.8 Å². The van der Waals surface area contributed by atoms with Crippen molar-refractivity contribution in [1.82, 2.24) is 10.6 Å². The van der Waals surface area contributed by atoms with Crippen molar-refractivity contribution in [3.63, 3.8) is 0 Å². The Labute approximate surface area is 122 Å². The molecule has 1 heterocycles. The van der Waals surface area contributed by atoms with Gasteiger partial charge >= 0.3 is 0 Å². The van der Waals surface area contributed by atoms with Crippen LogP contribution in [0, 0.1) is 11.8 Å². The maximum Gasteiger partial charge on any atom is 0.237 e. The number of halogens is 1. The number of amides is 1. The molecular formula is C15H19BrN2O. The summed E-state index contributed by atoms with van der Waals surface area (Å²) in [5, 5.41) is 6.45. The van der Waals surface area contributed by atoms with Crippen LogP contribution in [-0.4, -0.2) is 18.5 Å². The number of hydrogen-bond donors (Lipinski definition) is 2. The summed E-state index contributed by atoms with van der Waals surface area (Å²) in [6.07, 6.45) is 3.77. The molecule has 1 aromatic rings. The van der Waals surface area contributed by atoms with Crippen LogP contribution in [0.2, 0.25) is 0 Å². The molecule has 1 aliphatic heterocycles.